The monoisotopic (exact) mass is 213 g/mol. The van der Waals surface area contributed by atoms with Crippen molar-refractivity contribution in [2.45, 2.75) is 6.42 Å². The van der Waals surface area contributed by atoms with Gasteiger partial charge in [0, 0.05) is 18.2 Å². The number of carboxylic acids is 1. The van der Waals surface area contributed by atoms with Crippen LogP contribution in [0.1, 0.15) is 15.9 Å². The molecule has 5 heteroatoms. The maximum atomic E-state index is 10.8. The summed E-state index contributed by atoms with van der Waals surface area (Å²) in [6, 6.07) is 4.91. The first-order valence-electron chi connectivity index (χ1n) is 3.83. The van der Waals surface area contributed by atoms with Gasteiger partial charge in [-0.2, -0.15) is 0 Å². The summed E-state index contributed by atoms with van der Waals surface area (Å²) in [6.07, 6.45) is 2.06. The number of oxime groups is 1. The van der Waals surface area contributed by atoms with Crippen LogP contribution in [0.4, 0.5) is 0 Å². The van der Waals surface area contributed by atoms with Crippen molar-refractivity contribution in [1.29, 1.82) is 0 Å². The number of benzene rings is 1. The molecular weight excluding hydrogens is 206 g/mol. The number of carbonyl (C=O) groups is 1. The number of hydrogen-bond donors (Lipinski definition) is 1. The van der Waals surface area contributed by atoms with Gasteiger partial charge in [-0.25, -0.2) is 4.79 Å². The lowest BCUT2D eigenvalue weighted by atomic mass is 10.0. The molecule has 0 bridgehead atoms. The van der Waals surface area contributed by atoms with Gasteiger partial charge in [-0.15, -0.1) is 12.4 Å². The first-order chi connectivity index (χ1) is 6.29. The molecule has 0 unspecified atom stereocenters. The number of nitrogens with zero attached hydrogens (tertiary/aromatic N) is 1. The number of aromatic carboxylic acids is 1. The summed E-state index contributed by atoms with van der Waals surface area (Å²) in [5, 5.41) is 12.4. The van der Waals surface area contributed by atoms with Crippen LogP contribution in [0.15, 0.2) is 23.4 Å². The number of fused-ring (bicyclic) bond motifs is 1. The molecule has 0 fully saturated rings. The van der Waals surface area contributed by atoms with Gasteiger partial charge in [0.1, 0.15) is 0 Å². The Bertz CT molecular complexity index is 390. The van der Waals surface area contributed by atoms with Crippen molar-refractivity contribution in [1.82, 2.24) is 0 Å². The van der Waals surface area contributed by atoms with E-state index in [1.807, 2.05) is 0 Å². The minimum atomic E-state index is -0.934. The molecule has 0 saturated carbocycles. The molecule has 0 aromatic heterocycles. The summed E-state index contributed by atoms with van der Waals surface area (Å²) in [5.41, 5.74) is 0.966. The highest BCUT2D eigenvalue weighted by molar-refractivity contribution is 5.91. The molecular formula is C9H8ClNO3. The van der Waals surface area contributed by atoms with Crippen molar-refractivity contribution < 1.29 is 14.7 Å². The van der Waals surface area contributed by atoms with Crippen LogP contribution < -0.4 is 4.84 Å². The highest BCUT2D eigenvalue weighted by Gasteiger charge is 2.16. The molecule has 1 aromatic rings. The Morgan fingerprint density at radius 1 is 1.50 bits per heavy atom. The molecule has 1 aromatic carbocycles. The van der Waals surface area contributed by atoms with Crippen LogP contribution in [-0.4, -0.2) is 17.3 Å². The van der Waals surface area contributed by atoms with Crippen molar-refractivity contribution in [2.75, 3.05) is 0 Å². The smallest absolute Gasteiger partial charge is 0.336 e. The summed E-state index contributed by atoms with van der Waals surface area (Å²) in [7, 11) is 0. The molecule has 1 aliphatic heterocycles. The van der Waals surface area contributed by atoms with Crippen LogP contribution in [0.25, 0.3) is 0 Å². The maximum Gasteiger partial charge on any atom is 0.336 e. The third kappa shape index (κ3) is 1.70. The second kappa shape index (κ2) is 4.11. The molecule has 1 N–H and O–H groups in total. The van der Waals surface area contributed by atoms with Crippen LogP contribution >= 0.6 is 12.4 Å². The Labute approximate surface area is 86.6 Å². The van der Waals surface area contributed by atoms with Gasteiger partial charge in [0.25, 0.3) is 0 Å². The van der Waals surface area contributed by atoms with E-state index in [9.17, 15) is 4.79 Å². The van der Waals surface area contributed by atoms with E-state index in [0.29, 0.717) is 17.7 Å². The molecule has 74 valence electrons. The molecule has 0 saturated heterocycles. The fourth-order valence-electron chi connectivity index (χ4n) is 1.28. The Kier molecular flexibility index (Phi) is 3.09. The van der Waals surface area contributed by atoms with Crippen LogP contribution in [0.3, 0.4) is 0 Å². The largest absolute Gasteiger partial charge is 0.478 e. The van der Waals surface area contributed by atoms with Gasteiger partial charge < -0.3 is 9.94 Å². The van der Waals surface area contributed by atoms with Gasteiger partial charge in [0.05, 0.1) is 5.56 Å². The van der Waals surface area contributed by atoms with E-state index < -0.39 is 5.97 Å². The number of carboxylic acid groups (broad SMARTS) is 1. The number of rotatable bonds is 1. The van der Waals surface area contributed by atoms with E-state index in [1.54, 1.807) is 24.4 Å². The zero-order valence-corrected chi connectivity index (χ0v) is 7.95. The fraction of sp³-hybridized carbons (Fsp3) is 0.111. The SMILES string of the molecule is Cl.O=C(O)c1cccc2c1CC=NO2. The molecule has 1 aliphatic rings. The summed E-state index contributed by atoms with van der Waals surface area (Å²) in [4.78, 5) is 15.7. The highest BCUT2D eigenvalue weighted by Crippen LogP contribution is 2.25. The number of halogens is 1. The first kappa shape index (κ1) is 10.5. The van der Waals surface area contributed by atoms with Crippen LogP contribution in [0.5, 0.6) is 5.75 Å². The summed E-state index contributed by atoms with van der Waals surface area (Å²) >= 11 is 0. The molecule has 1 heterocycles. The van der Waals surface area contributed by atoms with Gasteiger partial charge >= 0.3 is 5.97 Å². The second-order valence-electron chi connectivity index (χ2n) is 2.67. The van der Waals surface area contributed by atoms with Crippen molar-refractivity contribution in [3.8, 4) is 5.75 Å². The molecule has 0 spiro atoms. The van der Waals surface area contributed by atoms with E-state index in [2.05, 4.69) is 5.16 Å². The summed E-state index contributed by atoms with van der Waals surface area (Å²) < 4.78 is 0. The molecule has 0 radical (unpaired) electrons. The molecule has 4 nitrogen and oxygen atoms in total. The molecule has 0 amide bonds. The summed E-state index contributed by atoms with van der Waals surface area (Å²) in [5.74, 6) is -0.404. The zero-order valence-electron chi connectivity index (χ0n) is 7.14. The Morgan fingerprint density at radius 3 is 3.00 bits per heavy atom. The van der Waals surface area contributed by atoms with E-state index in [-0.39, 0.29) is 18.0 Å². The fourth-order valence-corrected chi connectivity index (χ4v) is 1.28. The van der Waals surface area contributed by atoms with Gasteiger partial charge in [-0.3, -0.25) is 0 Å². The lowest BCUT2D eigenvalue weighted by Gasteiger charge is -2.11. The Morgan fingerprint density at radius 2 is 2.29 bits per heavy atom. The van der Waals surface area contributed by atoms with Crippen LogP contribution in [0, 0.1) is 0 Å². The highest BCUT2D eigenvalue weighted by atomic mass is 35.5. The molecule has 2 rings (SSSR count). The van der Waals surface area contributed by atoms with E-state index in [1.165, 1.54) is 0 Å². The van der Waals surface area contributed by atoms with E-state index >= 15 is 0 Å². The predicted octanol–water partition coefficient (Wildman–Crippen LogP) is 1.73. The topological polar surface area (TPSA) is 58.9 Å². The standard InChI is InChI=1S/C9H7NO3.ClH/c11-9(12)7-2-1-3-8-6(7)4-5-10-13-8;/h1-3,5H,4H2,(H,11,12);1H. The van der Waals surface area contributed by atoms with E-state index in [4.69, 9.17) is 9.94 Å². The van der Waals surface area contributed by atoms with Crippen molar-refractivity contribution >= 4 is 24.6 Å². The van der Waals surface area contributed by atoms with Gasteiger partial charge in [0.2, 0.25) is 0 Å². The normalized spacial score (nSPS) is 12.3. The Balaban J connectivity index is 0.000000980. The second-order valence-corrected chi connectivity index (χ2v) is 2.67. The first-order valence-corrected chi connectivity index (χ1v) is 3.83. The van der Waals surface area contributed by atoms with Crippen molar-refractivity contribution in [2.24, 2.45) is 5.16 Å². The average molecular weight is 214 g/mol. The summed E-state index contributed by atoms with van der Waals surface area (Å²) in [6.45, 7) is 0. The van der Waals surface area contributed by atoms with Gasteiger partial charge in [0.15, 0.2) is 5.75 Å². The predicted molar refractivity (Wildman–Crippen MR) is 53.5 cm³/mol. The maximum absolute atomic E-state index is 10.8. The minimum absolute atomic E-state index is 0. The Hall–Kier alpha value is -1.55. The third-order valence-corrected chi connectivity index (χ3v) is 1.88. The average Bonchev–Trinajstić information content (AvgIpc) is 2.17. The van der Waals surface area contributed by atoms with Crippen molar-refractivity contribution in [3.05, 3.63) is 29.3 Å². The van der Waals surface area contributed by atoms with Gasteiger partial charge in [-0.1, -0.05) is 11.2 Å². The zero-order chi connectivity index (χ0) is 9.26. The minimum Gasteiger partial charge on any atom is -0.478 e. The van der Waals surface area contributed by atoms with Crippen LogP contribution in [-0.2, 0) is 6.42 Å². The number of hydrogen-bond acceptors (Lipinski definition) is 3. The lowest BCUT2D eigenvalue weighted by Crippen LogP contribution is -2.08. The van der Waals surface area contributed by atoms with Crippen LogP contribution in [0.2, 0.25) is 0 Å². The quantitative estimate of drug-likeness (QED) is 0.773. The molecule has 0 aliphatic carbocycles. The van der Waals surface area contributed by atoms with E-state index in [0.717, 1.165) is 0 Å². The molecule has 0 atom stereocenters. The molecule has 14 heavy (non-hydrogen) atoms. The lowest BCUT2D eigenvalue weighted by molar-refractivity contribution is 0.0695. The van der Waals surface area contributed by atoms with Crippen molar-refractivity contribution in [3.63, 3.8) is 0 Å². The third-order valence-electron chi connectivity index (χ3n) is 1.88. The van der Waals surface area contributed by atoms with Gasteiger partial charge in [-0.05, 0) is 12.1 Å².